The van der Waals surface area contributed by atoms with Crippen LogP contribution in [0.3, 0.4) is 0 Å². The van der Waals surface area contributed by atoms with Crippen molar-refractivity contribution in [1.82, 2.24) is 20.4 Å². The van der Waals surface area contributed by atoms with Gasteiger partial charge in [-0.2, -0.15) is 4.98 Å². The Balaban J connectivity index is 1.45. The SMILES string of the molecule is CCc1nc(-c2cccnc2N2CCCC(C(=O)NCc3ccc(Cl)cc3)C2)no1. The summed E-state index contributed by atoms with van der Waals surface area (Å²) >= 11 is 5.92. The number of hydrogen-bond donors (Lipinski definition) is 1. The Morgan fingerprint density at radius 2 is 2.13 bits per heavy atom. The standard InChI is InChI=1S/C22H24ClN5O2/c1-2-19-26-20(27-30-19)18-6-3-11-24-21(18)28-12-4-5-16(14-28)22(29)25-13-15-7-9-17(23)10-8-15/h3,6-11,16H,2,4-5,12-14H2,1H3,(H,25,29). The average Bonchev–Trinajstić information content (AvgIpc) is 3.28. The molecule has 1 aromatic carbocycles. The monoisotopic (exact) mass is 425 g/mol. The molecule has 0 bridgehead atoms. The van der Waals surface area contributed by atoms with Crippen LogP contribution >= 0.6 is 11.6 Å². The number of aromatic nitrogens is 3. The highest BCUT2D eigenvalue weighted by Gasteiger charge is 2.28. The van der Waals surface area contributed by atoms with Crippen molar-refractivity contribution in [2.45, 2.75) is 32.7 Å². The van der Waals surface area contributed by atoms with E-state index in [2.05, 4.69) is 25.3 Å². The molecule has 4 rings (SSSR count). The summed E-state index contributed by atoms with van der Waals surface area (Å²) < 4.78 is 5.27. The first-order valence-corrected chi connectivity index (χ1v) is 10.6. The summed E-state index contributed by atoms with van der Waals surface area (Å²) in [7, 11) is 0. The van der Waals surface area contributed by atoms with Crippen molar-refractivity contribution < 1.29 is 9.32 Å². The first-order chi connectivity index (χ1) is 14.6. The minimum Gasteiger partial charge on any atom is -0.355 e. The lowest BCUT2D eigenvalue weighted by Gasteiger charge is -2.33. The number of aryl methyl sites for hydroxylation is 1. The zero-order valence-corrected chi connectivity index (χ0v) is 17.6. The Morgan fingerprint density at radius 3 is 2.90 bits per heavy atom. The lowest BCUT2D eigenvalue weighted by Crippen LogP contribution is -2.43. The molecule has 0 spiro atoms. The molecule has 1 atom stereocenters. The van der Waals surface area contributed by atoms with Gasteiger partial charge in [-0.15, -0.1) is 0 Å². The van der Waals surface area contributed by atoms with Crippen LogP contribution in [-0.4, -0.2) is 34.1 Å². The van der Waals surface area contributed by atoms with Gasteiger partial charge in [-0.25, -0.2) is 4.98 Å². The number of hydrogen-bond acceptors (Lipinski definition) is 6. The van der Waals surface area contributed by atoms with Crippen LogP contribution in [0, 0.1) is 5.92 Å². The van der Waals surface area contributed by atoms with E-state index >= 15 is 0 Å². The molecule has 1 saturated heterocycles. The molecular weight excluding hydrogens is 402 g/mol. The van der Waals surface area contributed by atoms with Crippen LogP contribution in [0.5, 0.6) is 0 Å². The fourth-order valence-corrected chi connectivity index (χ4v) is 3.78. The van der Waals surface area contributed by atoms with Gasteiger partial charge in [-0.1, -0.05) is 35.8 Å². The second kappa shape index (κ2) is 9.26. The Bertz CT molecular complexity index is 1000. The van der Waals surface area contributed by atoms with Crippen molar-refractivity contribution in [1.29, 1.82) is 0 Å². The van der Waals surface area contributed by atoms with Crippen molar-refractivity contribution in [3.63, 3.8) is 0 Å². The summed E-state index contributed by atoms with van der Waals surface area (Å²) in [6, 6.07) is 11.3. The van der Waals surface area contributed by atoms with Crippen LogP contribution in [0.25, 0.3) is 11.4 Å². The van der Waals surface area contributed by atoms with Gasteiger partial charge in [0.25, 0.3) is 0 Å². The number of pyridine rings is 1. The Labute approximate surface area is 180 Å². The highest BCUT2D eigenvalue weighted by molar-refractivity contribution is 6.30. The molecule has 8 heteroatoms. The molecule has 2 aromatic heterocycles. The van der Waals surface area contributed by atoms with Crippen molar-refractivity contribution in [3.8, 4) is 11.4 Å². The van der Waals surface area contributed by atoms with E-state index in [1.807, 2.05) is 43.3 Å². The average molecular weight is 426 g/mol. The number of nitrogens with one attached hydrogen (secondary N) is 1. The molecule has 1 amide bonds. The molecule has 0 saturated carbocycles. The molecule has 3 heterocycles. The minimum absolute atomic E-state index is 0.0555. The van der Waals surface area contributed by atoms with Gasteiger partial charge < -0.3 is 14.7 Å². The zero-order valence-electron chi connectivity index (χ0n) is 16.8. The maximum atomic E-state index is 12.8. The van der Waals surface area contributed by atoms with Crippen molar-refractivity contribution >= 4 is 23.3 Å². The van der Waals surface area contributed by atoms with Gasteiger partial charge in [0.15, 0.2) is 0 Å². The molecule has 1 aliphatic rings. The van der Waals surface area contributed by atoms with Gasteiger partial charge in [0.05, 0.1) is 11.5 Å². The largest absolute Gasteiger partial charge is 0.355 e. The number of carbonyl (C=O) groups excluding carboxylic acids is 1. The number of piperidine rings is 1. The van der Waals surface area contributed by atoms with Gasteiger partial charge in [-0.05, 0) is 42.7 Å². The van der Waals surface area contributed by atoms with E-state index < -0.39 is 0 Å². The predicted molar refractivity (Wildman–Crippen MR) is 115 cm³/mol. The van der Waals surface area contributed by atoms with Gasteiger partial charge in [0.2, 0.25) is 17.6 Å². The second-order valence-electron chi connectivity index (χ2n) is 7.37. The van der Waals surface area contributed by atoms with Crippen molar-refractivity contribution in [3.05, 3.63) is 59.1 Å². The summed E-state index contributed by atoms with van der Waals surface area (Å²) in [6.07, 6.45) is 4.21. The lowest BCUT2D eigenvalue weighted by atomic mass is 9.96. The summed E-state index contributed by atoms with van der Waals surface area (Å²) in [5.41, 5.74) is 1.85. The van der Waals surface area contributed by atoms with Crippen LogP contribution in [0.1, 0.15) is 31.2 Å². The highest BCUT2D eigenvalue weighted by atomic mass is 35.5. The van der Waals surface area contributed by atoms with Gasteiger partial charge in [0.1, 0.15) is 5.82 Å². The number of benzene rings is 1. The maximum Gasteiger partial charge on any atom is 0.226 e. The molecule has 0 aliphatic carbocycles. The topological polar surface area (TPSA) is 84.2 Å². The highest BCUT2D eigenvalue weighted by Crippen LogP contribution is 2.30. The number of carbonyl (C=O) groups is 1. The van der Waals surface area contributed by atoms with E-state index in [9.17, 15) is 4.79 Å². The van der Waals surface area contributed by atoms with Crippen LogP contribution in [0.2, 0.25) is 5.02 Å². The molecule has 0 radical (unpaired) electrons. The third kappa shape index (κ3) is 4.62. The van der Waals surface area contributed by atoms with Crippen LogP contribution in [-0.2, 0) is 17.8 Å². The number of amides is 1. The lowest BCUT2D eigenvalue weighted by molar-refractivity contribution is -0.125. The van der Waals surface area contributed by atoms with E-state index in [-0.39, 0.29) is 11.8 Å². The Hall–Kier alpha value is -2.93. The minimum atomic E-state index is -0.0997. The van der Waals surface area contributed by atoms with Crippen LogP contribution in [0.15, 0.2) is 47.1 Å². The van der Waals surface area contributed by atoms with Crippen molar-refractivity contribution in [2.75, 3.05) is 18.0 Å². The molecule has 1 aliphatic heterocycles. The molecular formula is C22H24ClN5O2. The summed E-state index contributed by atoms with van der Waals surface area (Å²) in [6.45, 7) is 3.90. The van der Waals surface area contributed by atoms with Crippen LogP contribution < -0.4 is 10.2 Å². The first-order valence-electron chi connectivity index (χ1n) is 10.2. The molecule has 156 valence electrons. The molecule has 30 heavy (non-hydrogen) atoms. The van der Waals surface area contributed by atoms with Gasteiger partial charge >= 0.3 is 0 Å². The summed E-state index contributed by atoms with van der Waals surface area (Å²) in [5.74, 6) is 1.87. The molecule has 3 aromatic rings. The predicted octanol–water partition coefficient (Wildman–Crippen LogP) is 3.88. The van der Waals surface area contributed by atoms with E-state index in [0.29, 0.717) is 36.2 Å². The Morgan fingerprint density at radius 1 is 1.30 bits per heavy atom. The molecule has 1 fully saturated rings. The fourth-order valence-electron chi connectivity index (χ4n) is 3.65. The molecule has 7 nitrogen and oxygen atoms in total. The van der Waals surface area contributed by atoms with E-state index in [0.717, 1.165) is 36.3 Å². The fraction of sp³-hybridized carbons (Fsp3) is 0.364. The van der Waals surface area contributed by atoms with Crippen molar-refractivity contribution in [2.24, 2.45) is 5.92 Å². The zero-order chi connectivity index (χ0) is 20.9. The third-order valence-corrected chi connectivity index (χ3v) is 5.52. The molecule has 1 N–H and O–H groups in total. The first kappa shape index (κ1) is 20.3. The summed E-state index contributed by atoms with van der Waals surface area (Å²) in [4.78, 5) is 23.9. The summed E-state index contributed by atoms with van der Waals surface area (Å²) in [5, 5.41) is 7.83. The quantitative estimate of drug-likeness (QED) is 0.645. The van der Waals surface area contributed by atoms with E-state index in [4.69, 9.17) is 16.1 Å². The Kier molecular flexibility index (Phi) is 6.28. The van der Waals surface area contributed by atoms with Gasteiger partial charge in [-0.3, -0.25) is 4.79 Å². The number of anilines is 1. The maximum absolute atomic E-state index is 12.8. The smallest absolute Gasteiger partial charge is 0.226 e. The molecule has 1 unspecified atom stereocenters. The van der Waals surface area contributed by atoms with E-state index in [1.54, 1.807) is 6.20 Å². The number of rotatable bonds is 6. The van der Waals surface area contributed by atoms with Gasteiger partial charge in [0, 0.05) is 37.3 Å². The second-order valence-corrected chi connectivity index (χ2v) is 7.81. The number of nitrogens with zero attached hydrogens (tertiary/aromatic N) is 4. The number of halogens is 1. The van der Waals surface area contributed by atoms with E-state index in [1.165, 1.54) is 0 Å². The van der Waals surface area contributed by atoms with Crippen LogP contribution in [0.4, 0.5) is 5.82 Å². The third-order valence-electron chi connectivity index (χ3n) is 5.27. The normalized spacial score (nSPS) is 16.5.